The number of aliphatic hydroxyl groups is 1. The van der Waals surface area contributed by atoms with Gasteiger partial charge in [0, 0.05) is 18.5 Å². The standard InChI is InChI=1S/C29H27F2N3O4/c1-17(33-29(38)26(35)20-12-22(30)15-23(31)13-20)27(36)34-25-24(19-10-6-3-7-11-19)14-21(16-32-28(25)37)18-8-4-2-5-9-18/h2-15,17,24-26,35H,16H2,1H3,(H,32,37)(H,33,38)(H,34,36)/t17-,24+,25-,26-/m0/s1. The van der Waals surface area contributed by atoms with Crippen molar-refractivity contribution >= 4 is 23.3 Å². The topological polar surface area (TPSA) is 108 Å². The third kappa shape index (κ3) is 6.30. The van der Waals surface area contributed by atoms with Crippen LogP contribution in [0.5, 0.6) is 0 Å². The Morgan fingerprint density at radius 2 is 1.55 bits per heavy atom. The summed E-state index contributed by atoms with van der Waals surface area (Å²) in [5.74, 6) is -4.51. The fourth-order valence-electron chi connectivity index (χ4n) is 4.32. The van der Waals surface area contributed by atoms with Gasteiger partial charge in [-0.05, 0) is 41.3 Å². The van der Waals surface area contributed by atoms with E-state index in [4.69, 9.17) is 0 Å². The highest BCUT2D eigenvalue weighted by Gasteiger charge is 2.34. The van der Waals surface area contributed by atoms with Crippen LogP contribution in [0.1, 0.15) is 35.6 Å². The molecule has 0 fully saturated rings. The van der Waals surface area contributed by atoms with Gasteiger partial charge in [0.1, 0.15) is 23.7 Å². The Balaban J connectivity index is 1.53. The number of hydrogen-bond acceptors (Lipinski definition) is 4. The lowest BCUT2D eigenvalue weighted by Crippen LogP contribution is -2.54. The van der Waals surface area contributed by atoms with E-state index in [1.54, 1.807) is 0 Å². The molecule has 4 atom stereocenters. The van der Waals surface area contributed by atoms with Gasteiger partial charge < -0.3 is 21.1 Å². The van der Waals surface area contributed by atoms with Gasteiger partial charge in [-0.2, -0.15) is 0 Å². The van der Waals surface area contributed by atoms with Crippen molar-refractivity contribution in [2.45, 2.75) is 31.0 Å². The number of amides is 3. The van der Waals surface area contributed by atoms with Gasteiger partial charge in [0.05, 0.1) is 0 Å². The van der Waals surface area contributed by atoms with Crippen molar-refractivity contribution in [2.75, 3.05) is 6.54 Å². The van der Waals surface area contributed by atoms with Crippen molar-refractivity contribution in [3.8, 4) is 0 Å². The molecule has 0 aromatic heterocycles. The van der Waals surface area contributed by atoms with Crippen molar-refractivity contribution in [2.24, 2.45) is 0 Å². The van der Waals surface area contributed by atoms with Gasteiger partial charge >= 0.3 is 0 Å². The lowest BCUT2D eigenvalue weighted by Gasteiger charge is -2.26. The molecule has 7 nitrogen and oxygen atoms in total. The molecule has 1 heterocycles. The number of carbonyl (C=O) groups excluding carboxylic acids is 3. The lowest BCUT2D eigenvalue weighted by atomic mass is 9.88. The van der Waals surface area contributed by atoms with E-state index >= 15 is 0 Å². The summed E-state index contributed by atoms with van der Waals surface area (Å²) in [5.41, 5.74) is 2.34. The van der Waals surface area contributed by atoms with Crippen molar-refractivity contribution in [3.05, 3.63) is 113 Å². The zero-order valence-electron chi connectivity index (χ0n) is 20.5. The smallest absolute Gasteiger partial charge is 0.254 e. The molecule has 0 unspecified atom stereocenters. The van der Waals surface area contributed by atoms with E-state index in [0.29, 0.717) is 6.07 Å². The Labute approximate surface area is 218 Å². The number of aliphatic hydroxyl groups excluding tert-OH is 1. The van der Waals surface area contributed by atoms with E-state index in [-0.39, 0.29) is 12.1 Å². The highest BCUT2D eigenvalue weighted by atomic mass is 19.1. The first kappa shape index (κ1) is 26.7. The molecule has 1 aliphatic rings. The van der Waals surface area contributed by atoms with Crippen LogP contribution in [0.3, 0.4) is 0 Å². The highest BCUT2D eigenvalue weighted by molar-refractivity contribution is 5.94. The van der Waals surface area contributed by atoms with Crippen LogP contribution in [-0.4, -0.2) is 41.5 Å². The molecule has 3 amide bonds. The summed E-state index contributed by atoms with van der Waals surface area (Å²) in [6.07, 6.45) is 0.0454. The molecule has 1 aliphatic heterocycles. The fourth-order valence-corrected chi connectivity index (χ4v) is 4.32. The van der Waals surface area contributed by atoms with Crippen LogP contribution >= 0.6 is 0 Å². The summed E-state index contributed by atoms with van der Waals surface area (Å²) < 4.78 is 27.0. The van der Waals surface area contributed by atoms with E-state index in [9.17, 15) is 28.3 Å². The molecule has 4 rings (SSSR count). The van der Waals surface area contributed by atoms with Gasteiger partial charge in [-0.15, -0.1) is 0 Å². The fraction of sp³-hybridized carbons (Fsp3) is 0.207. The van der Waals surface area contributed by atoms with Crippen LogP contribution in [0.4, 0.5) is 8.78 Å². The first-order valence-electron chi connectivity index (χ1n) is 12.1. The van der Waals surface area contributed by atoms with Crippen LogP contribution in [-0.2, 0) is 14.4 Å². The zero-order valence-corrected chi connectivity index (χ0v) is 20.5. The van der Waals surface area contributed by atoms with E-state index in [2.05, 4.69) is 16.0 Å². The van der Waals surface area contributed by atoms with E-state index in [1.165, 1.54) is 6.92 Å². The number of rotatable bonds is 7. The maximum Gasteiger partial charge on any atom is 0.254 e. The minimum absolute atomic E-state index is 0.265. The summed E-state index contributed by atoms with van der Waals surface area (Å²) in [4.78, 5) is 38.7. The average Bonchev–Trinajstić information content (AvgIpc) is 3.07. The van der Waals surface area contributed by atoms with Crippen LogP contribution in [0.2, 0.25) is 0 Å². The van der Waals surface area contributed by atoms with Crippen LogP contribution < -0.4 is 16.0 Å². The Morgan fingerprint density at radius 1 is 0.947 bits per heavy atom. The number of benzene rings is 3. The summed E-state index contributed by atoms with van der Waals surface area (Å²) in [7, 11) is 0. The van der Waals surface area contributed by atoms with Crippen LogP contribution in [0.15, 0.2) is 84.9 Å². The van der Waals surface area contributed by atoms with Crippen molar-refractivity contribution in [1.29, 1.82) is 0 Å². The molecule has 0 bridgehead atoms. The first-order chi connectivity index (χ1) is 18.2. The summed E-state index contributed by atoms with van der Waals surface area (Å²) in [5, 5.41) is 18.2. The molecule has 196 valence electrons. The molecule has 9 heteroatoms. The van der Waals surface area contributed by atoms with Gasteiger partial charge in [-0.1, -0.05) is 66.7 Å². The maximum atomic E-state index is 13.5. The Hall–Kier alpha value is -4.37. The van der Waals surface area contributed by atoms with Gasteiger partial charge in [0.25, 0.3) is 5.91 Å². The van der Waals surface area contributed by atoms with Crippen molar-refractivity contribution < 1.29 is 28.3 Å². The van der Waals surface area contributed by atoms with E-state index in [0.717, 1.165) is 28.8 Å². The molecule has 3 aromatic carbocycles. The van der Waals surface area contributed by atoms with Crippen LogP contribution in [0, 0.1) is 11.6 Å². The second-order valence-corrected chi connectivity index (χ2v) is 9.03. The molecule has 38 heavy (non-hydrogen) atoms. The number of carbonyl (C=O) groups is 3. The normalized spacial score (nSPS) is 18.8. The molecule has 3 aromatic rings. The molecule has 0 spiro atoms. The molecular weight excluding hydrogens is 492 g/mol. The molecule has 0 aliphatic carbocycles. The third-order valence-electron chi connectivity index (χ3n) is 6.30. The van der Waals surface area contributed by atoms with E-state index < -0.39 is 53.5 Å². The molecule has 0 saturated carbocycles. The molecular formula is C29H27F2N3O4. The molecule has 0 saturated heterocycles. The number of halogens is 2. The van der Waals surface area contributed by atoms with Crippen molar-refractivity contribution in [1.82, 2.24) is 16.0 Å². The summed E-state index contributed by atoms with van der Waals surface area (Å²) in [6.45, 7) is 1.64. The maximum absolute atomic E-state index is 13.5. The summed E-state index contributed by atoms with van der Waals surface area (Å²) >= 11 is 0. The first-order valence-corrected chi connectivity index (χ1v) is 12.1. The second kappa shape index (κ2) is 11.8. The number of nitrogens with one attached hydrogen (secondary N) is 3. The second-order valence-electron chi connectivity index (χ2n) is 9.03. The van der Waals surface area contributed by atoms with Gasteiger partial charge in [-0.25, -0.2) is 8.78 Å². The minimum Gasteiger partial charge on any atom is -0.378 e. The third-order valence-corrected chi connectivity index (χ3v) is 6.30. The van der Waals surface area contributed by atoms with Gasteiger partial charge in [0.15, 0.2) is 6.10 Å². The van der Waals surface area contributed by atoms with Gasteiger partial charge in [-0.3, -0.25) is 14.4 Å². The number of hydrogen-bond donors (Lipinski definition) is 4. The van der Waals surface area contributed by atoms with E-state index in [1.807, 2.05) is 66.7 Å². The monoisotopic (exact) mass is 519 g/mol. The lowest BCUT2D eigenvalue weighted by molar-refractivity contribution is -0.135. The zero-order chi connectivity index (χ0) is 27.2. The predicted octanol–water partition coefficient (Wildman–Crippen LogP) is 2.98. The SMILES string of the molecule is C[C@H](NC(=O)[C@@H](O)c1cc(F)cc(F)c1)C(=O)N[C@@H]1C(=O)NCC(c2ccccc2)=C[C@@H]1c1ccccc1. The average molecular weight is 520 g/mol. The van der Waals surface area contributed by atoms with Crippen molar-refractivity contribution in [3.63, 3.8) is 0 Å². The molecule has 0 radical (unpaired) electrons. The highest BCUT2D eigenvalue weighted by Crippen LogP contribution is 2.29. The van der Waals surface area contributed by atoms with Crippen LogP contribution in [0.25, 0.3) is 5.57 Å². The Morgan fingerprint density at radius 3 is 2.18 bits per heavy atom. The Bertz CT molecular complexity index is 1330. The summed E-state index contributed by atoms with van der Waals surface area (Å²) in [6, 6.07) is 18.9. The van der Waals surface area contributed by atoms with Gasteiger partial charge in [0.2, 0.25) is 11.8 Å². The Kier molecular flexibility index (Phi) is 8.28. The predicted molar refractivity (Wildman–Crippen MR) is 137 cm³/mol. The molecule has 4 N–H and O–H groups in total. The largest absolute Gasteiger partial charge is 0.378 e. The minimum atomic E-state index is -1.90. The quantitative estimate of drug-likeness (QED) is 0.385.